The number of hydrogen-bond donors (Lipinski definition) is 1. The molecule has 0 saturated carbocycles. The van der Waals surface area contributed by atoms with E-state index < -0.39 is 0 Å². The third kappa shape index (κ3) is 5.37. The Hall–Kier alpha value is -1.09. The minimum atomic E-state index is 0.0616. The topological polar surface area (TPSA) is 42.0 Å². The summed E-state index contributed by atoms with van der Waals surface area (Å²) in [5.41, 5.74) is 0.996. The molecule has 0 aliphatic carbocycles. The molecule has 0 unspecified atom stereocenters. The molecule has 1 aromatic heterocycles. The number of carbonyl (C=O) groups is 1. The number of carbonyl (C=O) groups excluding carboxylic acids is 1. The number of amides is 1. The standard InChI is InChI=1S/C11H15ClN2O/c12-7-3-5-11(15)14-9-6-10-4-1-2-8-13-10/h1-2,4,8H,3,5-7,9H2,(H,14,15). The third-order valence-corrected chi connectivity index (χ3v) is 2.23. The summed E-state index contributed by atoms with van der Waals surface area (Å²) in [6.07, 6.45) is 3.76. The van der Waals surface area contributed by atoms with E-state index >= 15 is 0 Å². The van der Waals surface area contributed by atoms with E-state index in [-0.39, 0.29) is 5.91 Å². The van der Waals surface area contributed by atoms with Crippen LogP contribution in [0.2, 0.25) is 0 Å². The molecule has 1 rings (SSSR count). The van der Waals surface area contributed by atoms with Gasteiger partial charge in [0.25, 0.3) is 0 Å². The molecule has 15 heavy (non-hydrogen) atoms. The fourth-order valence-corrected chi connectivity index (χ4v) is 1.33. The highest BCUT2D eigenvalue weighted by Crippen LogP contribution is 1.94. The summed E-state index contributed by atoms with van der Waals surface area (Å²) in [7, 11) is 0. The van der Waals surface area contributed by atoms with Crippen LogP contribution < -0.4 is 5.32 Å². The van der Waals surface area contributed by atoms with Gasteiger partial charge in [0.05, 0.1) is 0 Å². The largest absolute Gasteiger partial charge is 0.356 e. The molecule has 82 valence electrons. The van der Waals surface area contributed by atoms with Gasteiger partial charge in [0.1, 0.15) is 0 Å². The molecular formula is C11H15ClN2O. The lowest BCUT2D eigenvalue weighted by Crippen LogP contribution is -2.25. The second-order valence-electron chi connectivity index (χ2n) is 3.21. The highest BCUT2D eigenvalue weighted by molar-refractivity contribution is 6.17. The minimum absolute atomic E-state index is 0.0616. The fourth-order valence-electron chi connectivity index (χ4n) is 1.19. The lowest BCUT2D eigenvalue weighted by atomic mass is 10.2. The summed E-state index contributed by atoms with van der Waals surface area (Å²) < 4.78 is 0. The minimum Gasteiger partial charge on any atom is -0.356 e. The van der Waals surface area contributed by atoms with Crippen LogP contribution in [0.1, 0.15) is 18.5 Å². The summed E-state index contributed by atoms with van der Waals surface area (Å²) in [6.45, 7) is 0.637. The van der Waals surface area contributed by atoms with Crippen molar-refractivity contribution in [3.05, 3.63) is 30.1 Å². The average Bonchev–Trinajstić information content (AvgIpc) is 2.28. The monoisotopic (exact) mass is 226 g/mol. The van der Waals surface area contributed by atoms with Gasteiger partial charge in [-0.05, 0) is 18.6 Å². The molecular weight excluding hydrogens is 212 g/mol. The maximum Gasteiger partial charge on any atom is 0.220 e. The van der Waals surface area contributed by atoms with Crippen molar-refractivity contribution in [3.63, 3.8) is 0 Å². The zero-order valence-electron chi connectivity index (χ0n) is 8.58. The molecule has 0 aliphatic heterocycles. The van der Waals surface area contributed by atoms with E-state index in [2.05, 4.69) is 10.3 Å². The number of rotatable bonds is 6. The van der Waals surface area contributed by atoms with Gasteiger partial charge in [0, 0.05) is 37.2 Å². The Morgan fingerprint density at radius 1 is 1.47 bits per heavy atom. The van der Waals surface area contributed by atoms with E-state index in [0.29, 0.717) is 18.8 Å². The highest BCUT2D eigenvalue weighted by Gasteiger charge is 1.99. The first-order valence-corrected chi connectivity index (χ1v) is 5.59. The van der Waals surface area contributed by atoms with E-state index in [1.165, 1.54) is 0 Å². The molecule has 4 heteroatoms. The van der Waals surface area contributed by atoms with Crippen LogP contribution in [0.3, 0.4) is 0 Å². The van der Waals surface area contributed by atoms with Crippen LogP contribution >= 0.6 is 11.6 Å². The van der Waals surface area contributed by atoms with Crippen molar-refractivity contribution in [3.8, 4) is 0 Å². The van der Waals surface area contributed by atoms with Crippen molar-refractivity contribution in [2.24, 2.45) is 0 Å². The van der Waals surface area contributed by atoms with Crippen molar-refractivity contribution in [1.29, 1.82) is 0 Å². The van der Waals surface area contributed by atoms with E-state index in [0.717, 1.165) is 18.5 Å². The molecule has 0 aliphatic rings. The van der Waals surface area contributed by atoms with Crippen molar-refractivity contribution in [1.82, 2.24) is 10.3 Å². The number of halogens is 1. The van der Waals surface area contributed by atoms with Gasteiger partial charge >= 0.3 is 0 Å². The zero-order valence-corrected chi connectivity index (χ0v) is 9.33. The van der Waals surface area contributed by atoms with Crippen LogP contribution in [0.4, 0.5) is 0 Å². The quantitative estimate of drug-likeness (QED) is 0.752. The molecule has 0 radical (unpaired) electrons. The number of pyridine rings is 1. The van der Waals surface area contributed by atoms with Crippen LogP contribution in [0, 0.1) is 0 Å². The smallest absolute Gasteiger partial charge is 0.220 e. The van der Waals surface area contributed by atoms with Crippen molar-refractivity contribution in [2.75, 3.05) is 12.4 Å². The SMILES string of the molecule is O=C(CCCCl)NCCc1ccccn1. The van der Waals surface area contributed by atoms with Crippen LogP contribution in [-0.2, 0) is 11.2 Å². The van der Waals surface area contributed by atoms with Gasteiger partial charge in [-0.25, -0.2) is 0 Å². The second kappa shape index (κ2) is 7.23. The fraction of sp³-hybridized carbons (Fsp3) is 0.455. The summed E-state index contributed by atoms with van der Waals surface area (Å²) in [4.78, 5) is 15.4. The van der Waals surface area contributed by atoms with Gasteiger partial charge in [-0.1, -0.05) is 6.07 Å². The molecule has 1 heterocycles. The zero-order chi connectivity index (χ0) is 10.9. The van der Waals surface area contributed by atoms with Gasteiger partial charge in [0.15, 0.2) is 0 Å². The summed E-state index contributed by atoms with van der Waals surface area (Å²) in [5, 5.41) is 2.83. The summed E-state index contributed by atoms with van der Waals surface area (Å²) in [6, 6.07) is 5.77. The first kappa shape index (κ1) is 12.0. The lowest BCUT2D eigenvalue weighted by Gasteiger charge is -2.03. The number of nitrogens with zero attached hydrogens (tertiary/aromatic N) is 1. The van der Waals surface area contributed by atoms with Crippen LogP contribution in [0.5, 0.6) is 0 Å². The van der Waals surface area contributed by atoms with Gasteiger partial charge in [-0.2, -0.15) is 0 Å². The first-order chi connectivity index (χ1) is 7.33. The van der Waals surface area contributed by atoms with Crippen LogP contribution in [0.25, 0.3) is 0 Å². The van der Waals surface area contributed by atoms with E-state index in [1.807, 2.05) is 18.2 Å². The number of alkyl halides is 1. The predicted molar refractivity (Wildman–Crippen MR) is 60.9 cm³/mol. The Labute approximate surface area is 94.9 Å². The van der Waals surface area contributed by atoms with Crippen molar-refractivity contribution in [2.45, 2.75) is 19.3 Å². The Kier molecular flexibility index (Phi) is 5.78. The van der Waals surface area contributed by atoms with Gasteiger partial charge in [-0.3, -0.25) is 9.78 Å². The first-order valence-electron chi connectivity index (χ1n) is 5.05. The molecule has 0 atom stereocenters. The Balaban J connectivity index is 2.14. The normalized spacial score (nSPS) is 9.93. The van der Waals surface area contributed by atoms with Crippen molar-refractivity contribution < 1.29 is 4.79 Å². The molecule has 0 fully saturated rings. The summed E-state index contributed by atoms with van der Waals surface area (Å²) >= 11 is 5.49. The third-order valence-electron chi connectivity index (χ3n) is 1.97. The Morgan fingerprint density at radius 3 is 3.00 bits per heavy atom. The molecule has 0 saturated heterocycles. The van der Waals surface area contributed by atoms with Gasteiger partial charge in [0.2, 0.25) is 5.91 Å². The molecule has 1 N–H and O–H groups in total. The molecule has 3 nitrogen and oxygen atoms in total. The Bertz CT molecular complexity index is 290. The maximum atomic E-state index is 11.2. The number of nitrogens with one attached hydrogen (secondary N) is 1. The van der Waals surface area contributed by atoms with E-state index in [1.54, 1.807) is 6.20 Å². The number of hydrogen-bond acceptors (Lipinski definition) is 2. The highest BCUT2D eigenvalue weighted by atomic mass is 35.5. The number of aromatic nitrogens is 1. The van der Waals surface area contributed by atoms with Crippen LogP contribution in [-0.4, -0.2) is 23.3 Å². The molecule has 0 aromatic carbocycles. The predicted octanol–water partition coefficient (Wildman–Crippen LogP) is 1.76. The van der Waals surface area contributed by atoms with E-state index in [4.69, 9.17) is 11.6 Å². The Morgan fingerprint density at radius 2 is 2.33 bits per heavy atom. The molecule has 1 aromatic rings. The van der Waals surface area contributed by atoms with Crippen molar-refractivity contribution >= 4 is 17.5 Å². The van der Waals surface area contributed by atoms with E-state index in [9.17, 15) is 4.79 Å². The molecule has 1 amide bonds. The maximum absolute atomic E-state index is 11.2. The van der Waals surface area contributed by atoms with Gasteiger partial charge < -0.3 is 5.32 Å². The molecule has 0 spiro atoms. The van der Waals surface area contributed by atoms with Gasteiger partial charge in [-0.15, -0.1) is 11.6 Å². The second-order valence-corrected chi connectivity index (χ2v) is 3.59. The average molecular weight is 227 g/mol. The summed E-state index contributed by atoms with van der Waals surface area (Å²) in [5.74, 6) is 0.597. The molecule has 0 bridgehead atoms. The lowest BCUT2D eigenvalue weighted by molar-refractivity contribution is -0.121. The van der Waals surface area contributed by atoms with Crippen LogP contribution in [0.15, 0.2) is 24.4 Å².